The van der Waals surface area contributed by atoms with Gasteiger partial charge in [0.15, 0.2) is 0 Å². The maximum absolute atomic E-state index is 14.3. The molecule has 0 radical (unpaired) electrons. The first-order valence-electron chi connectivity index (χ1n) is 11.9. The molecule has 1 fully saturated rings. The molecule has 3 aromatic carbocycles. The first kappa shape index (κ1) is 22.4. The van der Waals surface area contributed by atoms with Crippen molar-refractivity contribution in [2.75, 3.05) is 18.4 Å². The number of fused-ring (bicyclic) bond motifs is 1. The number of hydrogen-bond donors (Lipinski definition) is 1. The summed E-state index contributed by atoms with van der Waals surface area (Å²) >= 11 is 0. The van der Waals surface area contributed by atoms with E-state index in [0.717, 1.165) is 42.4 Å². The third-order valence-electron chi connectivity index (χ3n) is 6.77. The van der Waals surface area contributed by atoms with Crippen molar-refractivity contribution in [2.45, 2.75) is 32.7 Å². The molecule has 1 aliphatic heterocycles. The fourth-order valence-electron chi connectivity index (χ4n) is 4.77. The number of nitrogens with zero attached hydrogens (tertiary/aromatic N) is 1. The minimum Gasteiger partial charge on any atom is -0.457 e. The standard InChI is InChI=1S/C29H29FN2O2/c1-19-10-12-21(13-11-19)29(33)31-26-24-8-3-4-9-25(24)34-28(26)27(22-6-5-7-23(30)18-22)32-16-14-20(2)15-17-32/h3-13,18,20,27H,14-17H2,1-2H3,(H,31,33). The Morgan fingerprint density at radius 3 is 2.50 bits per heavy atom. The summed E-state index contributed by atoms with van der Waals surface area (Å²) < 4.78 is 20.7. The molecule has 1 aliphatic rings. The van der Waals surface area contributed by atoms with E-state index in [1.807, 2.05) is 61.5 Å². The van der Waals surface area contributed by atoms with Gasteiger partial charge in [-0.1, -0.05) is 48.9 Å². The largest absolute Gasteiger partial charge is 0.457 e. The molecule has 0 bridgehead atoms. The topological polar surface area (TPSA) is 45.5 Å². The van der Waals surface area contributed by atoms with Gasteiger partial charge in [0, 0.05) is 10.9 Å². The van der Waals surface area contributed by atoms with E-state index in [4.69, 9.17) is 4.42 Å². The number of piperidine rings is 1. The predicted molar refractivity (Wildman–Crippen MR) is 134 cm³/mol. The molecule has 1 amide bonds. The summed E-state index contributed by atoms with van der Waals surface area (Å²) in [5.41, 5.74) is 3.84. The highest BCUT2D eigenvalue weighted by Gasteiger charge is 2.32. The molecule has 1 aromatic heterocycles. The Kier molecular flexibility index (Phi) is 6.20. The number of para-hydroxylation sites is 1. The number of furan rings is 1. The van der Waals surface area contributed by atoms with Crippen molar-refractivity contribution < 1.29 is 13.6 Å². The molecule has 0 aliphatic carbocycles. The Labute approximate surface area is 199 Å². The second kappa shape index (κ2) is 9.43. The Morgan fingerprint density at radius 1 is 1.03 bits per heavy atom. The minimum absolute atomic E-state index is 0.196. The molecule has 174 valence electrons. The van der Waals surface area contributed by atoms with E-state index in [0.29, 0.717) is 28.5 Å². The van der Waals surface area contributed by atoms with E-state index < -0.39 is 0 Å². The number of rotatable bonds is 5. The lowest BCUT2D eigenvalue weighted by molar-refractivity contribution is 0.102. The summed E-state index contributed by atoms with van der Waals surface area (Å²) in [5.74, 6) is 0.815. The minimum atomic E-state index is -0.302. The highest BCUT2D eigenvalue weighted by molar-refractivity contribution is 6.09. The van der Waals surface area contributed by atoms with Crippen molar-refractivity contribution in [1.82, 2.24) is 4.90 Å². The van der Waals surface area contributed by atoms with Crippen molar-refractivity contribution in [3.8, 4) is 0 Å². The van der Waals surface area contributed by atoms with Gasteiger partial charge in [-0.2, -0.15) is 0 Å². The van der Waals surface area contributed by atoms with Gasteiger partial charge in [0.05, 0.1) is 11.7 Å². The lowest BCUT2D eigenvalue weighted by Crippen LogP contribution is -2.37. The number of benzene rings is 3. The van der Waals surface area contributed by atoms with Gasteiger partial charge in [0.1, 0.15) is 17.2 Å². The van der Waals surface area contributed by atoms with Crippen LogP contribution in [0.25, 0.3) is 11.0 Å². The van der Waals surface area contributed by atoms with Crippen LogP contribution in [0.5, 0.6) is 0 Å². The molecule has 0 saturated carbocycles. The number of likely N-dealkylation sites (tertiary alicyclic amines) is 1. The summed E-state index contributed by atoms with van der Waals surface area (Å²) in [6.07, 6.45) is 2.13. The molecule has 1 N–H and O–H groups in total. The monoisotopic (exact) mass is 456 g/mol. The molecule has 0 spiro atoms. The molecule has 4 aromatic rings. The summed E-state index contributed by atoms with van der Waals surface area (Å²) in [6.45, 7) is 6.02. The van der Waals surface area contributed by atoms with Crippen LogP contribution < -0.4 is 5.32 Å². The van der Waals surface area contributed by atoms with Crippen molar-refractivity contribution in [2.24, 2.45) is 5.92 Å². The molecular formula is C29H29FN2O2. The van der Waals surface area contributed by atoms with E-state index in [1.165, 1.54) is 6.07 Å². The van der Waals surface area contributed by atoms with Gasteiger partial charge < -0.3 is 9.73 Å². The molecule has 2 heterocycles. The molecule has 4 nitrogen and oxygen atoms in total. The van der Waals surface area contributed by atoms with Gasteiger partial charge in [-0.05, 0) is 80.7 Å². The van der Waals surface area contributed by atoms with Gasteiger partial charge >= 0.3 is 0 Å². The Morgan fingerprint density at radius 2 is 1.76 bits per heavy atom. The number of halogens is 1. The number of aryl methyl sites for hydroxylation is 1. The van der Waals surface area contributed by atoms with Gasteiger partial charge in [0.2, 0.25) is 0 Å². The average Bonchev–Trinajstić information content (AvgIpc) is 3.19. The quantitative estimate of drug-likeness (QED) is 0.353. The van der Waals surface area contributed by atoms with E-state index in [2.05, 4.69) is 17.1 Å². The van der Waals surface area contributed by atoms with E-state index in [1.54, 1.807) is 12.1 Å². The Bertz CT molecular complexity index is 1300. The number of carbonyl (C=O) groups excluding carboxylic acids is 1. The molecule has 5 heteroatoms. The van der Waals surface area contributed by atoms with E-state index >= 15 is 0 Å². The van der Waals surface area contributed by atoms with Crippen molar-refractivity contribution in [3.05, 3.63) is 101 Å². The van der Waals surface area contributed by atoms with Crippen LogP contribution in [0.15, 0.2) is 77.2 Å². The zero-order valence-corrected chi connectivity index (χ0v) is 19.6. The van der Waals surface area contributed by atoms with Crippen LogP contribution in [0, 0.1) is 18.7 Å². The van der Waals surface area contributed by atoms with E-state index in [-0.39, 0.29) is 17.8 Å². The molecule has 1 saturated heterocycles. The van der Waals surface area contributed by atoms with Gasteiger partial charge in [0.25, 0.3) is 5.91 Å². The Hall–Kier alpha value is -3.44. The van der Waals surface area contributed by atoms with Gasteiger partial charge in [-0.25, -0.2) is 4.39 Å². The second-order valence-electron chi connectivity index (χ2n) is 9.33. The maximum Gasteiger partial charge on any atom is 0.255 e. The SMILES string of the molecule is Cc1ccc(C(=O)Nc2c(C(c3cccc(F)c3)N3CCC(C)CC3)oc3ccccc23)cc1. The summed E-state index contributed by atoms with van der Waals surface area (Å²) in [5, 5.41) is 3.97. The van der Waals surface area contributed by atoms with E-state index in [9.17, 15) is 9.18 Å². The molecule has 1 unspecified atom stereocenters. The van der Waals surface area contributed by atoms with Gasteiger partial charge in [-0.15, -0.1) is 0 Å². The lowest BCUT2D eigenvalue weighted by Gasteiger charge is -2.36. The van der Waals surface area contributed by atoms with Crippen LogP contribution in [0.2, 0.25) is 0 Å². The number of carbonyl (C=O) groups is 1. The van der Waals surface area contributed by atoms with Crippen molar-refractivity contribution >= 4 is 22.6 Å². The molecule has 1 atom stereocenters. The average molecular weight is 457 g/mol. The third-order valence-corrected chi connectivity index (χ3v) is 6.77. The number of anilines is 1. The zero-order valence-electron chi connectivity index (χ0n) is 19.6. The third kappa shape index (κ3) is 4.48. The number of amides is 1. The number of hydrogen-bond acceptors (Lipinski definition) is 3. The Balaban J connectivity index is 1.62. The number of nitrogens with one attached hydrogen (secondary N) is 1. The molecular weight excluding hydrogens is 427 g/mol. The lowest BCUT2D eigenvalue weighted by atomic mass is 9.94. The molecule has 5 rings (SSSR count). The summed E-state index contributed by atoms with van der Waals surface area (Å²) in [6, 6.07) is 21.6. The fourth-order valence-corrected chi connectivity index (χ4v) is 4.77. The maximum atomic E-state index is 14.3. The smallest absolute Gasteiger partial charge is 0.255 e. The molecule has 34 heavy (non-hydrogen) atoms. The summed E-state index contributed by atoms with van der Waals surface area (Å²) in [7, 11) is 0. The van der Waals surface area contributed by atoms with Crippen molar-refractivity contribution in [1.29, 1.82) is 0 Å². The highest BCUT2D eigenvalue weighted by Crippen LogP contribution is 2.41. The normalized spacial score (nSPS) is 16.0. The van der Waals surface area contributed by atoms with Crippen LogP contribution in [0.3, 0.4) is 0 Å². The van der Waals surface area contributed by atoms with Crippen LogP contribution in [-0.4, -0.2) is 23.9 Å². The van der Waals surface area contributed by atoms with Gasteiger partial charge in [-0.3, -0.25) is 9.69 Å². The fraction of sp³-hybridized carbons (Fsp3) is 0.276. The second-order valence-corrected chi connectivity index (χ2v) is 9.33. The first-order chi connectivity index (χ1) is 16.5. The van der Waals surface area contributed by atoms with Crippen LogP contribution in [-0.2, 0) is 0 Å². The van der Waals surface area contributed by atoms with Crippen molar-refractivity contribution in [3.63, 3.8) is 0 Å². The van der Waals surface area contributed by atoms with Crippen LogP contribution in [0.4, 0.5) is 10.1 Å². The predicted octanol–water partition coefficient (Wildman–Crippen LogP) is 6.95. The highest BCUT2D eigenvalue weighted by atomic mass is 19.1. The zero-order chi connectivity index (χ0) is 23.7. The van der Waals surface area contributed by atoms with Crippen LogP contribution in [0.1, 0.15) is 53.1 Å². The van der Waals surface area contributed by atoms with Crippen LogP contribution >= 0.6 is 0 Å². The summed E-state index contributed by atoms with van der Waals surface area (Å²) in [4.78, 5) is 15.6. The first-order valence-corrected chi connectivity index (χ1v) is 11.9.